The molecule has 0 saturated heterocycles. The fourth-order valence-corrected chi connectivity index (χ4v) is 4.27. The molecule has 0 atom stereocenters. The van der Waals surface area contributed by atoms with E-state index in [4.69, 9.17) is 23.2 Å². The third-order valence-corrected chi connectivity index (χ3v) is 6.24. The van der Waals surface area contributed by atoms with Crippen molar-refractivity contribution in [2.75, 3.05) is 0 Å². The fraction of sp³-hybridized carbons (Fsp3) is 0. The molecule has 0 amide bonds. The van der Waals surface area contributed by atoms with Crippen molar-refractivity contribution in [1.29, 1.82) is 0 Å². The van der Waals surface area contributed by atoms with Gasteiger partial charge in [0, 0.05) is 0 Å². The number of halogens is 2. The molecule has 4 aromatic carbocycles. The van der Waals surface area contributed by atoms with E-state index in [-0.39, 0.29) is 0 Å². The predicted octanol–water partition coefficient (Wildman–Crippen LogP) is 6.42. The summed E-state index contributed by atoms with van der Waals surface area (Å²) < 4.78 is 1.25. The van der Waals surface area contributed by atoms with E-state index in [9.17, 15) is 0 Å². The van der Waals surface area contributed by atoms with Gasteiger partial charge >= 0.3 is 166 Å². The summed E-state index contributed by atoms with van der Waals surface area (Å²) in [5.74, 6) is 0. The van der Waals surface area contributed by atoms with Crippen LogP contribution < -0.4 is 0 Å². The van der Waals surface area contributed by atoms with Crippen molar-refractivity contribution in [2.45, 2.75) is 0 Å². The van der Waals surface area contributed by atoms with Crippen LogP contribution in [0.5, 0.6) is 0 Å². The zero-order chi connectivity index (χ0) is 16.7. The van der Waals surface area contributed by atoms with Crippen molar-refractivity contribution < 1.29 is 24.2 Å². The van der Waals surface area contributed by atoms with Gasteiger partial charge in [-0.2, -0.15) is 0 Å². The van der Waals surface area contributed by atoms with Crippen molar-refractivity contribution in [1.82, 2.24) is 0 Å². The second-order valence-electron chi connectivity index (χ2n) is 5.73. The zero-order valence-electron chi connectivity index (χ0n) is 12.7. The van der Waals surface area contributed by atoms with Crippen molar-refractivity contribution >= 4 is 48.0 Å². The number of rotatable bonds is 2. The average Bonchev–Trinajstić information content (AvgIpc) is 2.61. The summed E-state index contributed by atoms with van der Waals surface area (Å²) in [6.07, 6.45) is 0. The van der Waals surface area contributed by atoms with Gasteiger partial charge in [-0.05, 0) is 0 Å². The second-order valence-corrected chi connectivity index (χ2v) is 7.78. The van der Waals surface area contributed by atoms with Crippen LogP contribution in [0.3, 0.4) is 0 Å². The number of hydrogen-bond acceptors (Lipinski definition) is 0. The summed E-state index contributed by atoms with van der Waals surface area (Å²) >= 11 is 14.3. The molecule has 0 N–H and O–H groups in total. The van der Waals surface area contributed by atoms with Crippen LogP contribution in [-0.4, -0.2) is 3.21 Å². The van der Waals surface area contributed by atoms with E-state index in [1.807, 2.05) is 24.3 Å². The molecule has 0 nitrogen and oxygen atoms in total. The molecule has 0 aliphatic carbocycles. The maximum absolute atomic E-state index is 6.49. The average molecular weight is 426 g/mol. The van der Waals surface area contributed by atoms with Crippen LogP contribution in [-0.2, 0) is 24.2 Å². The van der Waals surface area contributed by atoms with E-state index in [1.165, 1.54) is 27.4 Å². The zero-order valence-corrected chi connectivity index (χ0v) is 16.7. The molecule has 0 aliphatic rings. The molecule has 24 heavy (non-hydrogen) atoms. The van der Waals surface area contributed by atoms with Crippen molar-refractivity contribution in [2.24, 2.45) is 0 Å². The van der Waals surface area contributed by atoms with E-state index < -0.39 is 0 Å². The SMILES string of the molecule is Clc1cc([C](=[Zr+2])c2cc(Cl)c3ccccc3c2)cc2ccccc12. The molecule has 0 bridgehead atoms. The van der Waals surface area contributed by atoms with Gasteiger partial charge in [-0.3, -0.25) is 0 Å². The molecule has 0 aliphatic heterocycles. The molecule has 0 spiro atoms. The first-order chi connectivity index (χ1) is 11.6. The molecule has 3 heteroatoms. The number of benzene rings is 4. The van der Waals surface area contributed by atoms with Crippen LogP contribution in [0.25, 0.3) is 21.5 Å². The molecule has 0 aromatic heterocycles. The number of hydrogen-bond donors (Lipinski definition) is 0. The molecular formula is C21H12Cl2Zr+2. The van der Waals surface area contributed by atoms with E-state index in [1.54, 1.807) is 0 Å². The Labute approximate surface area is 165 Å². The van der Waals surface area contributed by atoms with Crippen LogP contribution in [0.15, 0.2) is 72.8 Å². The topological polar surface area (TPSA) is 0 Å². The Morgan fingerprint density at radius 3 is 1.50 bits per heavy atom. The summed E-state index contributed by atoms with van der Waals surface area (Å²) in [5, 5.41) is 6.06. The minimum atomic E-state index is 0.787. The Balaban J connectivity index is 1.87. The first-order valence-corrected chi connectivity index (χ1v) is 9.58. The van der Waals surface area contributed by atoms with Crippen LogP contribution >= 0.6 is 23.2 Å². The van der Waals surface area contributed by atoms with E-state index in [0.29, 0.717) is 0 Å². The third kappa shape index (κ3) is 2.90. The van der Waals surface area contributed by atoms with Crippen molar-refractivity contribution in [3.8, 4) is 0 Å². The van der Waals surface area contributed by atoms with Gasteiger partial charge in [0.15, 0.2) is 0 Å². The standard InChI is InChI=1S/C21H12Cl2.Zr/c22-20-12-14(10-16-5-1-3-7-18(16)20)9-15-11-17-6-2-4-8-19(17)21(23)13-15;/h1-8,10-13H;/q;+2. The quantitative estimate of drug-likeness (QED) is 0.347. The minimum absolute atomic E-state index is 0.787. The molecule has 0 fully saturated rings. The van der Waals surface area contributed by atoms with E-state index >= 15 is 0 Å². The Morgan fingerprint density at radius 1 is 0.625 bits per heavy atom. The summed E-state index contributed by atoms with van der Waals surface area (Å²) in [4.78, 5) is 0. The van der Waals surface area contributed by atoms with Crippen LogP contribution in [0, 0.1) is 0 Å². The van der Waals surface area contributed by atoms with Gasteiger partial charge in [0.2, 0.25) is 0 Å². The van der Waals surface area contributed by atoms with Crippen LogP contribution in [0.1, 0.15) is 11.1 Å². The molecule has 0 radical (unpaired) electrons. The second kappa shape index (κ2) is 6.56. The maximum atomic E-state index is 6.49. The van der Waals surface area contributed by atoms with Gasteiger partial charge in [0.25, 0.3) is 0 Å². The van der Waals surface area contributed by atoms with Gasteiger partial charge < -0.3 is 0 Å². The molecule has 0 heterocycles. The molecule has 4 rings (SSSR count). The molecule has 0 unspecified atom stereocenters. The predicted molar refractivity (Wildman–Crippen MR) is 101 cm³/mol. The normalized spacial score (nSPS) is 11.2. The Kier molecular flexibility index (Phi) is 4.43. The summed E-state index contributed by atoms with van der Waals surface area (Å²) in [6, 6.07) is 24.9. The van der Waals surface area contributed by atoms with E-state index in [0.717, 1.165) is 42.7 Å². The monoisotopic (exact) mass is 424 g/mol. The summed E-state index contributed by atoms with van der Waals surface area (Å²) in [7, 11) is 0. The van der Waals surface area contributed by atoms with Crippen LogP contribution in [0.2, 0.25) is 10.0 Å². The van der Waals surface area contributed by atoms with Crippen molar-refractivity contribution in [3.05, 3.63) is 94.0 Å². The van der Waals surface area contributed by atoms with Gasteiger partial charge in [-0.15, -0.1) is 0 Å². The summed E-state index contributed by atoms with van der Waals surface area (Å²) in [5.41, 5.74) is 2.31. The van der Waals surface area contributed by atoms with Crippen LogP contribution in [0.4, 0.5) is 0 Å². The first kappa shape index (κ1) is 16.2. The third-order valence-electron chi connectivity index (χ3n) is 4.20. The molecule has 112 valence electrons. The van der Waals surface area contributed by atoms with Crippen molar-refractivity contribution in [3.63, 3.8) is 0 Å². The first-order valence-electron chi connectivity index (χ1n) is 7.59. The summed E-state index contributed by atoms with van der Waals surface area (Å²) in [6.45, 7) is 0. The molecule has 4 aromatic rings. The molecular weight excluding hydrogens is 414 g/mol. The Hall–Kier alpha value is -1.27. The number of fused-ring (bicyclic) bond motifs is 2. The Bertz CT molecular complexity index is 1010. The molecule has 0 saturated carbocycles. The van der Waals surface area contributed by atoms with Gasteiger partial charge in [0.1, 0.15) is 0 Å². The van der Waals surface area contributed by atoms with E-state index in [2.05, 4.69) is 48.5 Å². The Morgan fingerprint density at radius 2 is 1.04 bits per heavy atom. The van der Waals surface area contributed by atoms with Gasteiger partial charge in [0.05, 0.1) is 0 Å². The fourth-order valence-electron chi connectivity index (χ4n) is 2.98. The van der Waals surface area contributed by atoms with Gasteiger partial charge in [-0.25, -0.2) is 0 Å². The van der Waals surface area contributed by atoms with Gasteiger partial charge in [-0.1, -0.05) is 0 Å².